The molecule has 37 heavy (non-hydrogen) atoms. The molecule has 2 heterocycles. The smallest absolute Gasteiger partial charge is 0.122 e. The van der Waals surface area contributed by atoms with Crippen LogP contribution < -0.4 is 14.8 Å². The molecular weight excluding hydrogens is 488 g/mol. The number of hydrogen-bond donors (Lipinski definition) is 1. The average Bonchev–Trinajstić information content (AvgIpc) is 3.75. The Morgan fingerprint density at radius 2 is 1.49 bits per heavy atom. The van der Waals surface area contributed by atoms with Gasteiger partial charge in [-0.25, -0.2) is 0 Å². The largest absolute Gasteiger partial charge is 0.496 e. The van der Waals surface area contributed by atoms with Crippen LogP contribution in [0.2, 0.25) is 0 Å². The third-order valence-corrected chi connectivity index (χ3v) is 8.67. The van der Waals surface area contributed by atoms with E-state index in [1.165, 1.54) is 41.6 Å². The van der Waals surface area contributed by atoms with E-state index in [0.29, 0.717) is 24.3 Å². The molecule has 7 rings (SSSR count). The van der Waals surface area contributed by atoms with Crippen molar-refractivity contribution in [1.29, 1.82) is 0 Å². The predicted octanol–water partition coefficient (Wildman–Crippen LogP) is 3.85. The number of ether oxygens (including phenoxy) is 4. The second-order valence-corrected chi connectivity index (χ2v) is 10.9. The van der Waals surface area contributed by atoms with Gasteiger partial charge in [0, 0.05) is 44.6 Å². The molecule has 4 atom stereocenters. The highest BCUT2D eigenvalue weighted by atomic mass is 35.5. The van der Waals surface area contributed by atoms with Gasteiger partial charge in [0.1, 0.15) is 11.5 Å². The number of rotatable bonds is 4. The van der Waals surface area contributed by atoms with Crippen LogP contribution in [0.15, 0.2) is 36.4 Å². The van der Waals surface area contributed by atoms with E-state index in [1.807, 2.05) is 6.07 Å². The molecule has 3 aliphatic carbocycles. The summed E-state index contributed by atoms with van der Waals surface area (Å²) in [6.07, 6.45) is 7.67. The first kappa shape index (κ1) is 26.8. The standard InChI is InChI=1S/C17H23NO2.C13H17NO2.ClH/c1-19-16-4-2-3-13-9-15-17(10-14(13)16)20-8-7-18(15)11-12-5-6-12;1-15-12-4-2-3-9-7-11-13(8-10(9)12)16-6-5-14-11;/h2-4,12,15,17H,5-11H2,1H3;2-4,11,13-14H,5-8H2,1H3;1H/t15-,17-;11-,13-;/m11./s1. The van der Waals surface area contributed by atoms with Crippen molar-refractivity contribution in [3.63, 3.8) is 0 Å². The number of morpholine rings is 2. The van der Waals surface area contributed by atoms with Crippen molar-refractivity contribution in [3.05, 3.63) is 58.7 Å². The van der Waals surface area contributed by atoms with Gasteiger partial charge in [-0.3, -0.25) is 4.90 Å². The highest BCUT2D eigenvalue weighted by Gasteiger charge is 2.39. The normalized spacial score (nSPS) is 28.2. The maximum absolute atomic E-state index is 6.07. The summed E-state index contributed by atoms with van der Waals surface area (Å²) in [4.78, 5) is 2.69. The van der Waals surface area contributed by atoms with Crippen LogP contribution >= 0.6 is 12.4 Å². The molecule has 3 fully saturated rings. The Balaban J connectivity index is 0.000000151. The van der Waals surface area contributed by atoms with Crippen molar-refractivity contribution in [1.82, 2.24) is 10.2 Å². The topological polar surface area (TPSA) is 52.2 Å². The van der Waals surface area contributed by atoms with Crippen LogP contribution in [0.5, 0.6) is 11.5 Å². The molecule has 0 unspecified atom stereocenters. The first-order chi connectivity index (χ1) is 17.7. The van der Waals surface area contributed by atoms with Crippen LogP contribution in [0.1, 0.15) is 35.1 Å². The number of methoxy groups -OCH3 is 2. The van der Waals surface area contributed by atoms with E-state index in [2.05, 4.69) is 40.5 Å². The van der Waals surface area contributed by atoms with E-state index in [-0.39, 0.29) is 12.4 Å². The van der Waals surface area contributed by atoms with Crippen LogP contribution in [0.4, 0.5) is 0 Å². The van der Waals surface area contributed by atoms with Gasteiger partial charge >= 0.3 is 0 Å². The minimum Gasteiger partial charge on any atom is -0.496 e. The van der Waals surface area contributed by atoms with Crippen molar-refractivity contribution < 1.29 is 18.9 Å². The lowest BCUT2D eigenvalue weighted by molar-refractivity contribution is -0.0756. The Morgan fingerprint density at radius 1 is 0.838 bits per heavy atom. The molecule has 2 aromatic rings. The zero-order valence-electron chi connectivity index (χ0n) is 22.1. The lowest BCUT2D eigenvalue weighted by Crippen LogP contribution is -2.55. The highest BCUT2D eigenvalue weighted by Crippen LogP contribution is 2.37. The maximum Gasteiger partial charge on any atom is 0.122 e. The van der Waals surface area contributed by atoms with Crippen LogP contribution in [0.25, 0.3) is 0 Å². The Morgan fingerprint density at radius 3 is 2.16 bits per heavy atom. The Hall–Kier alpha value is -1.83. The van der Waals surface area contributed by atoms with Gasteiger partial charge in [-0.05, 0) is 66.0 Å². The highest BCUT2D eigenvalue weighted by molar-refractivity contribution is 5.85. The monoisotopic (exact) mass is 528 g/mol. The molecule has 0 aromatic heterocycles. The summed E-state index contributed by atoms with van der Waals surface area (Å²) in [5, 5.41) is 3.53. The summed E-state index contributed by atoms with van der Waals surface area (Å²) in [7, 11) is 3.50. The molecule has 202 valence electrons. The van der Waals surface area contributed by atoms with Crippen molar-refractivity contribution in [2.24, 2.45) is 5.92 Å². The predicted molar refractivity (Wildman–Crippen MR) is 147 cm³/mol. The van der Waals surface area contributed by atoms with E-state index in [0.717, 1.165) is 69.4 Å². The first-order valence-corrected chi connectivity index (χ1v) is 13.7. The molecule has 6 nitrogen and oxygen atoms in total. The molecule has 2 saturated heterocycles. The number of fused-ring (bicyclic) bond motifs is 4. The number of halogens is 1. The third-order valence-electron chi connectivity index (χ3n) is 8.67. The van der Waals surface area contributed by atoms with Crippen molar-refractivity contribution in [2.45, 2.75) is 62.8 Å². The number of hydrogen-bond acceptors (Lipinski definition) is 6. The third kappa shape index (κ3) is 5.79. The van der Waals surface area contributed by atoms with Crippen molar-refractivity contribution in [3.8, 4) is 11.5 Å². The minimum absolute atomic E-state index is 0. The Labute approximate surface area is 227 Å². The summed E-state index contributed by atoms with van der Waals surface area (Å²) >= 11 is 0. The number of nitrogens with one attached hydrogen (secondary N) is 1. The second kappa shape index (κ2) is 11.9. The molecule has 1 N–H and O–H groups in total. The molecule has 2 aromatic carbocycles. The van der Waals surface area contributed by atoms with E-state index in [4.69, 9.17) is 18.9 Å². The van der Waals surface area contributed by atoms with Crippen molar-refractivity contribution >= 4 is 12.4 Å². The fraction of sp³-hybridized carbons (Fsp3) is 0.600. The second-order valence-electron chi connectivity index (χ2n) is 10.9. The average molecular weight is 529 g/mol. The van der Waals surface area contributed by atoms with Crippen LogP contribution in [-0.4, -0.2) is 76.3 Å². The summed E-state index contributed by atoms with van der Waals surface area (Å²) in [6.45, 7) is 5.07. The molecular formula is C30H41ClN2O4. The SMILES string of the molecule is COc1cccc2c1C[C@H]1OCCN(CC3CC3)[C@@H]1C2.COc1cccc2c1C[C@H]1OCCN[C@@H]1C2.Cl. The Kier molecular flexibility index (Phi) is 8.62. The maximum atomic E-state index is 6.07. The van der Waals surface area contributed by atoms with E-state index in [9.17, 15) is 0 Å². The van der Waals surface area contributed by atoms with Crippen molar-refractivity contribution in [2.75, 3.05) is 47.1 Å². The van der Waals surface area contributed by atoms with Gasteiger partial charge < -0.3 is 24.3 Å². The van der Waals surface area contributed by atoms with E-state index in [1.54, 1.807) is 14.2 Å². The van der Waals surface area contributed by atoms with E-state index >= 15 is 0 Å². The minimum atomic E-state index is 0. The molecule has 0 spiro atoms. The van der Waals surface area contributed by atoms with E-state index < -0.39 is 0 Å². The van der Waals surface area contributed by atoms with Gasteiger partial charge in [0.25, 0.3) is 0 Å². The molecule has 2 aliphatic heterocycles. The van der Waals surface area contributed by atoms with Crippen LogP contribution in [0.3, 0.4) is 0 Å². The summed E-state index contributed by atoms with van der Waals surface area (Å²) < 4.78 is 22.8. The first-order valence-electron chi connectivity index (χ1n) is 13.7. The lowest BCUT2D eigenvalue weighted by Gasteiger charge is -2.44. The van der Waals surface area contributed by atoms with Gasteiger partial charge in [-0.2, -0.15) is 0 Å². The fourth-order valence-corrected chi connectivity index (χ4v) is 6.57. The zero-order valence-corrected chi connectivity index (χ0v) is 22.9. The molecule has 0 amide bonds. The zero-order chi connectivity index (χ0) is 24.5. The van der Waals surface area contributed by atoms with Gasteiger partial charge in [-0.15, -0.1) is 12.4 Å². The fourth-order valence-electron chi connectivity index (χ4n) is 6.57. The lowest BCUT2D eigenvalue weighted by atomic mass is 9.84. The molecule has 5 aliphatic rings. The summed E-state index contributed by atoms with van der Waals surface area (Å²) in [5.41, 5.74) is 5.55. The van der Waals surface area contributed by atoms with Gasteiger partial charge in [0.2, 0.25) is 0 Å². The molecule has 1 saturated carbocycles. The van der Waals surface area contributed by atoms with Crippen LogP contribution in [-0.2, 0) is 35.2 Å². The van der Waals surface area contributed by atoms with Gasteiger partial charge in [0.05, 0.1) is 39.6 Å². The van der Waals surface area contributed by atoms with Crippen LogP contribution in [0, 0.1) is 5.92 Å². The summed E-state index contributed by atoms with van der Waals surface area (Å²) in [5.74, 6) is 2.99. The van der Waals surface area contributed by atoms with Gasteiger partial charge in [-0.1, -0.05) is 24.3 Å². The van der Waals surface area contributed by atoms with Gasteiger partial charge in [0.15, 0.2) is 0 Å². The quantitative estimate of drug-likeness (QED) is 0.650. The summed E-state index contributed by atoms with van der Waals surface area (Å²) in [6, 6.07) is 13.8. The molecule has 7 heteroatoms. The Bertz CT molecular complexity index is 1060. The number of benzene rings is 2. The molecule has 0 bridgehead atoms. The molecule has 0 radical (unpaired) electrons. The number of nitrogens with zero attached hydrogens (tertiary/aromatic N) is 1.